The van der Waals surface area contributed by atoms with Crippen molar-refractivity contribution in [2.75, 3.05) is 0 Å². The topological polar surface area (TPSA) is 32.3 Å². The lowest BCUT2D eigenvalue weighted by Gasteiger charge is -2.25. The molecule has 0 aromatic carbocycles. The van der Waals surface area contributed by atoms with Gasteiger partial charge in [0.2, 0.25) is 5.91 Å². The highest BCUT2D eigenvalue weighted by Gasteiger charge is 2.58. The first-order chi connectivity index (χ1) is 7.85. The van der Waals surface area contributed by atoms with Crippen LogP contribution in [0, 0.1) is 5.41 Å². The zero-order valence-electron chi connectivity index (χ0n) is 11.8. The van der Waals surface area contributed by atoms with Crippen LogP contribution in [-0.4, -0.2) is 28.6 Å². The molecule has 98 valence electrons. The van der Waals surface area contributed by atoms with E-state index >= 15 is 0 Å². The molecule has 17 heavy (non-hydrogen) atoms. The van der Waals surface area contributed by atoms with Crippen molar-refractivity contribution in [2.24, 2.45) is 5.41 Å². The molecule has 2 fully saturated rings. The second-order valence-corrected chi connectivity index (χ2v) is 6.56. The van der Waals surface area contributed by atoms with E-state index in [9.17, 15) is 4.79 Å². The summed E-state index contributed by atoms with van der Waals surface area (Å²) in [7, 11) is 0. The van der Waals surface area contributed by atoms with Gasteiger partial charge in [-0.1, -0.05) is 34.1 Å². The van der Waals surface area contributed by atoms with Crippen molar-refractivity contribution in [3.05, 3.63) is 0 Å². The molecule has 1 aliphatic carbocycles. The van der Waals surface area contributed by atoms with Crippen molar-refractivity contribution in [1.29, 1.82) is 0 Å². The van der Waals surface area contributed by atoms with Gasteiger partial charge in [-0.15, -0.1) is 0 Å². The van der Waals surface area contributed by atoms with E-state index in [1.807, 2.05) is 6.92 Å². The lowest BCUT2D eigenvalue weighted by Crippen LogP contribution is -2.43. The van der Waals surface area contributed by atoms with Gasteiger partial charge in [-0.2, -0.15) is 0 Å². The first-order valence-corrected chi connectivity index (χ1v) is 6.96. The molecule has 1 saturated carbocycles. The first-order valence-electron chi connectivity index (χ1n) is 6.96. The minimum Gasteiger partial charge on any atom is -0.322 e. The van der Waals surface area contributed by atoms with Crippen LogP contribution in [-0.2, 0) is 4.79 Å². The Bertz CT molecular complexity index is 326. The molecule has 1 saturated heterocycles. The number of nitrogens with zero attached hydrogens (tertiary/aromatic N) is 1. The molecule has 3 heteroatoms. The van der Waals surface area contributed by atoms with Crippen LogP contribution in [0.3, 0.4) is 0 Å². The van der Waals surface area contributed by atoms with Crippen LogP contribution in [0.5, 0.6) is 0 Å². The van der Waals surface area contributed by atoms with Gasteiger partial charge in [0.1, 0.15) is 0 Å². The van der Waals surface area contributed by atoms with Gasteiger partial charge in [-0.05, 0) is 31.6 Å². The Kier molecular flexibility index (Phi) is 3.01. The molecule has 0 aromatic heterocycles. The summed E-state index contributed by atoms with van der Waals surface area (Å²) in [6, 6.07) is 0.451. The molecule has 3 unspecified atom stereocenters. The van der Waals surface area contributed by atoms with E-state index in [0.717, 1.165) is 25.7 Å². The Labute approximate surface area is 105 Å². The number of hydrogen-bond donors (Lipinski definition) is 1. The molecule has 3 atom stereocenters. The normalized spacial score (nSPS) is 39.8. The highest BCUT2D eigenvalue weighted by Crippen LogP contribution is 2.51. The second kappa shape index (κ2) is 3.98. The molecule has 1 N–H and O–H groups in total. The predicted molar refractivity (Wildman–Crippen MR) is 69.6 cm³/mol. The lowest BCUT2D eigenvalue weighted by atomic mass is 9.99. The highest BCUT2D eigenvalue weighted by molar-refractivity contribution is 5.89. The quantitative estimate of drug-likeness (QED) is 0.816. The number of rotatable bonds is 4. The second-order valence-electron chi connectivity index (χ2n) is 6.56. The summed E-state index contributed by atoms with van der Waals surface area (Å²) in [6.07, 6.45) is 4.46. The summed E-state index contributed by atoms with van der Waals surface area (Å²) in [5.74, 6) is 0.314. The Hall–Kier alpha value is -0.570. The van der Waals surface area contributed by atoms with Crippen molar-refractivity contribution < 1.29 is 4.79 Å². The molecule has 0 radical (unpaired) electrons. The minimum absolute atomic E-state index is 0.254. The molecule has 1 heterocycles. The van der Waals surface area contributed by atoms with Gasteiger partial charge in [0.15, 0.2) is 0 Å². The van der Waals surface area contributed by atoms with Gasteiger partial charge >= 0.3 is 0 Å². The van der Waals surface area contributed by atoms with E-state index in [-0.39, 0.29) is 11.7 Å². The summed E-state index contributed by atoms with van der Waals surface area (Å²) in [5, 5.41) is 3.55. The minimum atomic E-state index is -0.335. The van der Waals surface area contributed by atoms with Crippen LogP contribution in [0.4, 0.5) is 0 Å². The van der Waals surface area contributed by atoms with E-state index in [1.54, 1.807) is 0 Å². The fourth-order valence-electron chi connectivity index (χ4n) is 2.94. The summed E-state index contributed by atoms with van der Waals surface area (Å²) >= 11 is 0. The molecule has 3 nitrogen and oxygen atoms in total. The lowest BCUT2D eigenvalue weighted by molar-refractivity contribution is -0.134. The summed E-state index contributed by atoms with van der Waals surface area (Å²) in [6.45, 7) is 10.8. The van der Waals surface area contributed by atoms with Crippen LogP contribution in [0.25, 0.3) is 0 Å². The molecule has 0 aromatic rings. The predicted octanol–water partition coefficient (Wildman–Crippen LogP) is 2.51. The molecular formula is C14H26N2O. The fourth-order valence-corrected chi connectivity index (χ4v) is 2.94. The maximum atomic E-state index is 12.6. The van der Waals surface area contributed by atoms with E-state index in [4.69, 9.17) is 0 Å². The summed E-state index contributed by atoms with van der Waals surface area (Å²) in [5.41, 5.74) is -0.0131. The average Bonchev–Trinajstić information content (AvgIpc) is 2.79. The van der Waals surface area contributed by atoms with Gasteiger partial charge < -0.3 is 4.90 Å². The molecular weight excluding hydrogens is 212 g/mol. The Morgan fingerprint density at radius 1 is 1.35 bits per heavy atom. The van der Waals surface area contributed by atoms with Crippen LogP contribution in [0.1, 0.15) is 60.3 Å². The van der Waals surface area contributed by atoms with Crippen molar-refractivity contribution in [2.45, 2.75) is 78.0 Å². The van der Waals surface area contributed by atoms with Crippen molar-refractivity contribution >= 4 is 5.91 Å². The largest absolute Gasteiger partial charge is 0.322 e. The number of hydrogen-bond acceptors (Lipinski definition) is 2. The van der Waals surface area contributed by atoms with E-state index in [1.165, 1.54) is 0 Å². The zero-order valence-corrected chi connectivity index (χ0v) is 11.8. The van der Waals surface area contributed by atoms with Crippen molar-refractivity contribution in [3.63, 3.8) is 0 Å². The molecule has 1 amide bonds. The third-order valence-electron chi connectivity index (χ3n) is 4.59. The summed E-state index contributed by atoms with van der Waals surface area (Å²) < 4.78 is 0. The third kappa shape index (κ3) is 1.99. The Balaban J connectivity index is 2.19. The maximum absolute atomic E-state index is 12.6. The van der Waals surface area contributed by atoms with Gasteiger partial charge in [0, 0.05) is 6.04 Å². The van der Waals surface area contributed by atoms with Gasteiger partial charge in [0.05, 0.1) is 11.7 Å². The Morgan fingerprint density at radius 3 is 2.35 bits per heavy atom. The molecule has 1 aliphatic heterocycles. The van der Waals surface area contributed by atoms with Gasteiger partial charge in [-0.3, -0.25) is 10.1 Å². The van der Waals surface area contributed by atoms with Crippen LogP contribution < -0.4 is 5.32 Å². The third-order valence-corrected chi connectivity index (χ3v) is 4.59. The fraction of sp³-hybridized carbons (Fsp3) is 0.929. The zero-order chi connectivity index (χ0) is 12.8. The van der Waals surface area contributed by atoms with E-state index < -0.39 is 0 Å². The SMILES string of the molecule is CCCC1NC(C)(CC)C(=O)N1C1CC1(C)C. The number of carbonyl (C=O) groups excluding carboxylic acids is 1. The molecule has 0 spiro atoms. The molecule has 0 bridgehead atoms. The van der Waals surface area contributed by atoms with Gasteiger partial charge in [0.25, 0.3) is 0 Å². The average molecular weight is 238 g/mol. The van der Waals surface area contributed by atoms with Gasteiger partial charge in [-0.25, -0.2) is 0 Å². The van der Waals surface area contributed by atoms with E-state index in [0.29, 0.717) is 17.4 Å². The van der Waals surface area contributed by atoms with Crippen LogP contribution in [0.15, 0.2) is 0 Å². The van der Waals surface area contributed by atoms with Crippen molar-refractivity contribution in [3.8, 4) is 0 Å². The standard InChI is InChI=1S/C14H26N2O/c1-6-8-11-15-14(5,7-2)12(17)16(11)10-9-13(10,3)4/h10-11,15H,6-9H2,1-5H3. The monoisotopic (exact) mass is 238 g/mol. The number of amides is 1. The first kappa shape index (κ1) is 12.9. The Morgan fingerprint density at radius 2 is 1.94 bits per heavy atom. The van der Waals surface area contributed by atoms with Crippen LogP contribution >= 0.6 is 0 Å². The highest BCUT2D eigenvalue weighted by atomic mass is 16.2. The number of carbonyl (C=O) groups is 1. The maximum Gasteiger partial charge on any atom is 0.244 e. The smallest absolute Gasteiger partial charge is 0.244 e. The molecule has 2 aliphatic rings. The van der Waals surface area contributed by atoms with Crippen LogP contribution in [0.2, 0.25) is 0 Å². The number of nitrogens with one attached hydrogen (secondary N) is 1. The van der Waals surface area contributed by atoms with E-state index in [2.05, 4.69) is 37.9 Å². The van der Waals surface area contributed by atoms with Crippen molar-refractivity contribution in [1.82, 2.24) is 10.2 Å². The molecule has 2 rings (SSSR count). The summed E-state index contributed by atoms with van der Waals surface area (Å²) in [4.78, 5) is 14.7.